The Labute approximate surface area is 245 Å². The molecule has 0 radical (unpaired) electrons. The Hall–Kier alpha value is -4.29. The van der Waals surface area contributed by atoms with Gasteiger partial charge in [-0.1, -0.05) is 0 Å². The van der Waals surface area contributed by atoms with E-state index >= 15 is 0 Å². The predicted molar refractivity (Wildman–Crippen MR) is 166 cm³/mol. The average Bonchev–Trinajstić information content (AvgIpc) is 3.47. The molecule has 1 amide bonds. The van der Waals surface area contributed by atoms with Gasteiger partial charge < -0.3 is 31.2 Å². The Bertz CT molecular complexity index is 1530. The number of nitrogens with one attached hydrogen (secondary N) is 3. The number of primary amides is 1. The molecule has 2 fully saturated rings. The summed E-state index contributed by atoms with van der Waals surface area (Å²) in [5, 5.41) is 7.41. The Morgan fingerprint density at radius 1 is 0.952 bits per heavy atom. The fourth-order valence-electron chi connectivity index (χ4n) is 5.86. The van der Waals surface area contributed by atoms with Crippen LogP contribution in [0.3, 0.4) is 0 Å². The number of piperidine rings is 1. The van der Waals surface area contributed by atoms with E-state index in [1.807, 2.05) is 32.0 Å². The minimum atomic E-state index is -0.679. The highest BCUT2D eigenvalue weighted by molar-refractivity contribution is 5.99. The van der Waals surface area contributed by atoms with Crippen LogP contribution >= 0.6 is 0 Å². The number of H-pyrrole nitrogens is 1. The Morgan fingerprint density at radius 3 is 2.38 bits per heavy atom. The second-order valence-electron chi connectivity index (χ2n) is 11.5. The van der Waals surface area contributed by atoms with Gasteiger partial charge in [-0.15, -0.1) is 0 Å². The van der Waals surface area contributed by atoms with Crippen molar-refractivity contribution in [1.29, 1.82) is 0 Å². The van der Waals surface area contributed by atoms with E-state index in [4.69, 9.17) is 10.7 Å². The normalized spacial score (nSPS) is 17.2. The van der Waals surface area contributed by atoms with Crippen molar-refractivity contribution in [2.45, 2.75) is 38.8 Å². The van der Waals surface area contributed by atoms with Gasteiger partial charge in [0.1, 0.15) is 23.4 Å². The molecule has 0 aliphatic carbocycles. The summed E-state index contributed by atoms with van der Waals surface area (Å²) in [5.74, 6) is 0.106. The van der Waals surface area contributed by atoms with E-state index in [-0.39, 0.29) is 17.6 Å². The third kappa shape index (κ3) is 5.86. The highest BCUT2D eigenvalue weighted by Crippen LogP contribution is 2.32. The summed E-state index contributed by atoms with van der Waals surface area (Å²) in [4.78, 5) is 41.4. The maximum absolute atomic E-state index is 12.6. The lowest BCUT2D eigenvalue weighted by atomic mass is 10.0. The summed E-state index contributed by atoms with van der Waals surface area (Å²) in [5.41, 5.74) is 9.49. The SMILES string of the molecule is CC(C)Nc1nc(Nc2ccc(N3CCC(N4CCN(C)CC4)CC3)cc2)c(C(N)=O)nc1-c1ncnc2[nH]ccc12. The highest BCUT2D eigenvalue weighted by atomic mass is 16.1. The molecule has 6 rings (SSSR count). The van der Waals surface area contributed by atoms with Crippen molar-refractivity contribution in [3.05, 3.63) is 48.5 Å². The van der Waals surface area contributed by atoms with E-state index in [0.717, 1.165) is 37.3 Å². The highest BCUT2D eigenvalue weighted by Gasteiger charge is 2.27. The molecule has 0 bridgehead atoms. The van der Waals surface area contributed by atoms with Crippen LogP contribution in [-0.2, 0) is 0 Å². The lowest BCUT2D eigenvalue weighted by molar-refractivity contribution is 0.0982. The smallest absolute Gasteiger partial charge is 0.271 e. The van der Waals surface area contributed by atoms with Crippen molar-refractivity contribution in [3.63, 3.8) is 0 Å². The lowest BCUT2D eigenvalue weighted by Crippen LogP contribution is -2.52. The van der Waals surface area contributed by atoms with Gasteiger partial charge in [-0.2, -0.15) is 0 Å². The van der Waals surface area contributed by atoms with Gasteiger partial charge in [-0.25, -0.2) is 19.9 Å². The van der Waals surface area contributed by atoms with Crippen LogP contribution in [0.1, 0.15) is 37.2 Å². The van der Waals surface area contributed by atoms with Crippen LogP contribution in [0, 0.1) is 0 Å². The van der Waals surface area contributed by atoms with Gasteiger partial charge in [0.2, 0.25) is 0 Å². The number of aromatic amines is 1. The summed E-state index contributed by atoms with van der Waals surface area (Å²) in [6, 6.07) is 10.8. The molecule has 0 unspecified atom stereocenters. The largest absolute Gasteiger partial charge is 0.371 e. The zero-order chi connectivity index (χ0) is 29.2. The number of nitrogens with two attached hydrogens (primary N) is 1. The number of piperazine rings is 1. The number of carbonyl (C=O) groups is 1. The van der Waals surface area contributed by atoms with Crippen molar-refractivity contribution in [2.75, 3.05) is 61.8 Å². The predicted octanol–water partition coefficient (Wildman–Crippen LogP) is 3.29. The molecule has 0 atom stereocenters. The molecule has 4 aromatic rings. The maximum atomic E-state index is 12.6. The van der Waals surface area contributed by atoms with Gasteiger partial charge >= 0.3 is 0 Å². The number of anilines is 4. The van der Waals surface area contributed by atoms with E-state index in [1.54, 1.807) is 6.20 Å². The molecular formula is C30H39N11O. The maximum Gasteiger partial charge on any atom is 0.271 e. The third-order valence-corrected chi connectivity index (χ3v) is 8.15. The first kappa shape index (κ1) is 27.9. The average molecular weight is 570 g/mol. The van der Waals surface area contributed by atoms with Crippen LogP contribution in [0.5, 0.6) is 0 Å². The minimum Gasteiger partial charge on any atom is -0.371 e. The summed E-state index contributed by atoms with van der Waals surface area (Å²) in [7, 11) is 2.21. The van der Waals surface area contributed by atoms with E-state index in [9.17, 15) is 4.79 Å². The monoisotopic (exact) mass is 569 g/mol. The summed E-state index contributed by atoms with van der Waals surface area (Å²) in [6.07, 6.45) is 5.61. The molecular weight excluding hydrogens is 530 g/mol. The summed E-state index contributed by atoms with van der Waals surface area (Å²) >= 11 is 0. The number of hydrogen-bond donors (Lipinski definition) is 4. The number of fused-ring (bicyclic) bond motifs is 1. The van der Waals surface area contributed by atoms with Crippen LogP contribution in [0.25, 0.3) is 22.4 Å². The van der Waals surface area contributed by atoms with Crippen LogP contribution in [0.4, 0.5) is 23.0 Å². The molecule has 2 saturated heterocycles. The quantitative estimate of drug-likeness (QED) is 0.249. The second-order valence-corrected chi connectivity index (χ2v) is 11.5. The number of likely N-dealkylation sites (N-methyl/N-ethyl adjacent to an activating group) is 1. The summed E-state index contributed by atoms with van der Waals surface area (Å²) in [6.45, 7) is 10.8. The molecule has 3 aromatic heterocycles. The zero-order valence-corrected chi connectivity index (χ0v) is 24.5. The third-order valence-electron chi connectivity index (χ3n) is 8.15. The number of amides is 1. The fourth-order valence-corrected chi connectivity index (χ4v) is 5.86. The van der Waals surface area contributed by atoms with Crippen molar-refractivity contribution >= 4 is 40.0 Å². The molecule has 2 aliphatic rings. The number of benzene rings is 1. The van der Waals surface area contributed by atoms with Gasteiger partial charge in [0.05, 0.1) is 0 Å². The first-order valence-corrected chi connectivity index (χ1v) is 14.7. The summed E-state index contributed by atoms with van der Waals surface area (Å²) < 4.78 is 0. The molecule has 42 heavy (non-hydrogen) atoms. The Morgan fingerprint density at radius 2 is 1.69 bits per heavy atom. The van der Waals surface area contributed by atoms with Crippen LogP contribution in [0.15, 0.2) is 42.9 Å². The van der Waals surface area contributed by atoms with Crippen LogP contribution in [0.2, 0.25) is 0 Å². The van der Waals surface area contributed by atoms with Crippen LogP contribution in [-0.4, -0.2) is 99.0 Å². The first-order chi connectivity index (χ1) is 20.4. The molecule has 0 saturated carbocycles. The Balaban J connectivity index is 1.21. The van der Waals surface area contributed by atoms with Crippen molar-refractivity contribution in [3.8, 4) is 11.4 Å². The van der Waals surface area contributed by atoms with Crippen LogP contribution < -0.4 is 21.3 Å². The number of nitrogens with zero attached hydrogens (tertiary/aromatic N) is 7. The standard InChI is InChI=1S/C30H39N11O/c1-19(2)35-29-25(24-23-8-11-32-28(23)34-18-33-24)37-26(27(31)42)30(38-29)36-20-4-6-21(7-5-20)40-12-9-22(10-13-40)41-16-14-39(3)15-17-41/h4-8,11,18-19,22H,9-10,12-17H2,1-3H3,(H2,31,42)(H,32,33,34)(H2,35,36,38). The molecule has 12 heteroatoms. The Kier molecular flexibility index (Phi) is 7.90. The molecule has 5 heterocycles. The number of aromatic nitrogens is 5. The van der Waals surface area contributed by atoms with Gasteiger partial charge in [0, 0.05) is 74.3 Å². The van der Waals surface area contributed by atoms with Crippen molar-refractivity contribution in [2.24, 2.45) is 5.73 Å². The zero-order valence-electron chi connectivity index (χ0n) is 24.5. The van der Waals surface area contributed by atoms with Gasteiger partial charge in [0.25, 0.3) is 5.91 Å². The molecule has 220 valence electrons. The van der Waals surface area contributed by atoms with Gasteiger partial charge in [-0.3, -0.25) is 9.69 Å². The van der Waals surface area contributed by atoms with E-state index in [0.29, 0.717) is 28.9 Å². The minimum absolute atomic E-state index is 0.0386. The molecule has 12 nitrogen and oxygen atoms in total. The molecule has 2 aliphatic heterocycles. The van der Waals surface area contributed by atoms with Gasteiger partial charge in [-0.05, 0) is 64.1 Å². The number of rotatable bonds is 8. The molecule has 1 aromatic carbocycles. The first-order valence-electron chi connectivity index (χ1n) is 14.7. The number of hydrogen-bond acceptors (Lipinski definition) is 10. The van der Waals surface area contributed by atoms with Crippen molar-refractivity contribution < 1.29 is 4.79 Å². The van der Waals surface area contributed by atoms with Gasteiger partial charge in [0.15, 0.2) is 17.3 Å². The second kappa shape index (κ2) is 11.9. The fraction of sp³-hybridized carbons (Fsp3) is 0.433. The van der Waals surface area contributed by atoms with E-state index in [1.165, 1.54) is 37.9 Å². The van der Waals surface area contributed by atoms with E-state index in [2.05, 4.69) is 64.4 Å². The number of carbonyl (C=O) groups excluding carboxylic acids is 1. The van der Waals surface area contributed by atoms with E-state index < -0.39 is 5.91 Å². The van der Waals surface area contributed by atoms with Crippen molar-refractivity contribution in [1.82, 2.24) is 34.7 Å². The topological polar surface area (TPSA) is 144 Å². The lowest BCUT2D eigenvalue weighted by Gasteiger charge is -2.42. The molecule has 5 N–H and O–H groups in total. The molecule has 0 spiro atoms.